The predicted octanol–water partition coefficient (Wildman–Crippen LogP) is 1.91. The lowest BCUT2D eigenvalue weighted by molar-refractivity contribution is -0.132. The number of fused-ring (bicyclic) bond motifs is 1. The SMILES string of the molecule is CCOC(CNC(=O)c1sc2ncn(CC(=O)N3CCCCC3)c(=O)c2c1C)OCC. The van der Waals surface area contributed by atoms with Gasteiger partial charge in [-0.25, -0.2) is 4.98 Å². The quantitative estimate of drug-likeness (QED) is 0.586. The number of piperidine rings is 1. The topological polar surface area (TPSA) is 103 Å². The maximum atomic E-state index is 13.0. The van der Waals surface area contributed by atoms with E-state index in [-0.39, 0.29) is 30.5 Å². The molecule has 170 valence electrons. The van der Waals surface area contributed by atoms with E-state index in [9.17, 15) is 14.4 Å². The van der Waals surface area contributed by atoms with Gasteiger partial charge >= 0.3 is 0 Å². The summed E-state index contributed by atoms with van der Waals surface area (Å²) in [6.07, 6.45) is 3.99. The summed E-state index contributed by atoms with van der Waals surface area (Å²) >= 11 is 1.17. The van der Waals surface area contributed by atoms with Gasteiger partial charge in [0.2, 0.25) is 5.91 Å². The molecule has 10 heteroatoms. The third-order valence-electron chi connectivity index (χ3n) is 5.27. The maximum absolute atomic E-state index is 13.0. The average Bonchev–Trinajstić information content (AvgIpc) is 3.12. The first-order chi connectivity index (χ1) is 15.0. The predicted molar refractivity (Wildman–Crippen MR) is 118 cm³/mol. The van der Waals surface area contributed by atoms with Crippen LogP contribution >= 0.6 is 11.3 Å². The molecule has 0 unspecified atom stereocenters. The number of carbonyl (C=O) groups is 2. The zero-order chi connectivity index (χ0) is 22.4. The fraction of sp³-hybridized carbons (Fsp3) is 0.619. The number of nitrogens with one attached hydrogen (secondary N) is 1. The number of carbonyl (C=O) groups excluding carboxylic acids is 2. The highest BCUT2D eigenvalue weighted by Crippen LogP contribution is 2.26. The van der Waals surface area contributed by atoms with Crippen molar-refractivity contribution in [1.82, 2.24) is 19.8 Å². The minimum atomic E-state index is -0.523. The Morgan fingerprint density at radius 1 is 1.19 bits per heavy atom. The van der Waals surface area contributed by atoms with Crippen LogP contribution in [0.3, 0.4) is 0 Å². The number of aromatic nitrogens is 2. The minimum Gasteiger partial charge on any atom is -0.351 e. The number of likely N-dealkylation sites (tertiary alicyclic amines) is 1. The fourth-order valence-corrected chi connectivity index (χ4v) is 4.73. The molecule has 3 heterocycles. The number of nitrogens with zero attached hydrogens (tertiary/aromatic N) is 3. The molecule has 2 aromatic heterocycles. The van der Waals surface area contributed by atoms with Crippen LogP contribution in [-0.2, 0) is 20.8 Å². The van der Waals surface area contributed by atoms with Crippen molar-refractivity contribution in [3.8, 4) is 0 Å². The zero-order valence-corrected chi connectivity index (χ0v) is 19.1. The van der Waals surface area contributed by atoms with E-state index in [1.54, 1.807) is 11.8 Å². The van der Waals surface area contributed by atoms with Crippen LogP contribution in [0.25, 0.3) is 10.2 Å². The van der Waals surface area contributed by atoms with Crippen molar-refractivity contribution >= 4 is 33.4 Å². The third-order valence-corrected chi connectivity index (χ3v) is 6.47. The molecule has 0 atom stereocenters. The average molecular weight is 451 g/mol. The Labute approximate surface area is 185 Å². The van der Waals surface area contributed by atoms with E-state index in [1.165, 1.54) is 22.2 Å². The van der Waals surface area contributed by atoms with Gasteiger partial charge in [-0.3, -0.25) is 19.0 Å². The summed E-state index contributed by atoms with van der Waals surface area (Å²) in [5.41, 5.74) is 0.267. The van der Waals surface area contributed by atoms with Crippen molar-refractivity contribution in [3.05, 3.63) is 27.1 Å². The van der Waals surface area contributed by atoms with Crippen LogP contribution in [-0.4, -0.2) is 65.4 Å². The fourth-order valence-electron chi connectivity index (χ4n) is 3.67. The molecule has 0 aromatic carbocycles. The Kier molecular flexibility index (Phi) is 8.16. The number of ether oxygens (including phenoxy) is 2. The van der Waals surface area contributed by atoms with Gasteiger partial charge in [0.1, 0.15) is 11.4 Å². The molecule has 0 saturated carbocycles. The minimum absolute atomic E-state index is 0.0387. The Hall–Kier alpha value is -2.30. The summed E-state index contributed by atoms with van der Waals surface area (Å²) in [5, 5.41) is 3.19. The van der Waals surface area contributed by atoms with Crippen LogP contribution in [0.5, 0.6) is 0 Å². The highest BCUT2D eigenvalue weighted by molar-refractivity contribution is 7.20. The van der Waals surface area contributed by atoms with Crippen molar-refractivity contribution in [2.75, 3.05) is 32.8 Å². The number of aryl methyl sites for hydroxylation is 1. The molecular formula is C21H30N4O5S. The molecule has 9 nitrogen and oxygen atoms in total. The second-order valence-electron chi connectivity index (χ2n) is 7.41. The molecule has 3 rings (SSSR count). The Bertz CT molecular complexity index is 974. The highest BCUT2D eigenvalue weighted by Gasteiger charge is 2.22. The van der Waals surface area contributed by atoms with Gasteiger partial charge in [0.05, 0.1) is 23.1 Å². The van der Waals surface area contributed by atoms with E-state index in [0.717, 1.165) is 32.4 Å². The molecule has 1 aliphatic heterocycles. The van der Waals surface area contributed by atoms with Crippen LogP contribution in [0.1, 0.15) is 48.3 Å². The van der Waals surface area contributed by atoms with Gasteiger partial charge in [-0.1, -0.05) is 0 Å². The summed E-state index contributed by atoms with van der Waals surface area (Å²) in [4.78, 5) is 45.4. The lowest BCUT2D eigenvalue weighted by atomic mass is 10.1. The molecule has 0 spiro atoms. The molecule has 2 amide bonds. The molecule has 0 bridgehead atoms. The number of hydrogen-bond acceptors (Lipinski definition) is 7. The maximum Gasteiger partial charge on any atom is 0.262 e. The lowest BCUT2D eigenvalue weighted by Crippen LogP contribution is -2.39. The van der Waals surface area contributed by atoms with Crippen LogP contribution in [0.2, 0.25) is 0 Å². The normalized spacial score (nSPS) is 14.4. The van der Waals surface area contributed by atoms with Gasteiger partial charge < -0.3 is 19.7 Å². The van der Waals surface area contributed by atoms with E-state index >= 15 is 0 Å². The number of amides is 2. The van der Waals surface area contributed by atoms with Gasteiger partial charge in [0.25, 0.3) is 11.5 Å². The first kappa shape index (κ1) is 23.4. The summed E-state index contributed by atoms with van der Waals surface area (Å²) in [6, 6.07) is 0. The van der Waals surface area contributed by atoms with E-state index in [1.807, 2.05) is 13.8 Å². The van der Waals surface area contributed by atoms with Crippen LogP contribution < -0.4 is 10.9 Å². The van der Waals surface area contributed by atoms with Crippen molar-refractivity contribution in [3.63, 3.8) is 0 Å². The van der Waals surface area contributed by atoms with Gasteiger partial charge in [-0.2, -0.15) is 0 Å². The van der Waals surface area contributed by atoms with E-state index in [0.29, 0.717) is 33.9 Å². The van der Waals surface area contributed by atoms with Gasteiger partial charge in [0, 0.05) is 26.3 Å². The second-order valence-corrected chi connectivity index (χ2v) is 8.40. The smallest absolute Gasteiger partial charge is 0.262 e. The van der Waals surface area contributed by atoms with Crippen LogP contribution in [0, 0.1) is 6.92 Å². The molecular weight excluding hydrogens is 420 g/mol. The first-order valence-electron chi connectivity index (χ1n) is 10.7. The first-order valence-corrected chi connectivity index (χ1v) is 11.6. The van der Waals surface area contributed by atoms with E-state index < -0.39 is 6.29 Å². The van der Waals surface area contributed by atoms with Crippen molar-refractivity contribution < 1.29 is 19.1 Å². The van der Waals surface area contributed by atoms with E-state index in [2.05, 4.69) is 10.3 Å². The van der Waals surface area contributed by atoms with Crippen LogP contribution in [0.15, 0.2) is 11.1 Å². The lowest BCUT2D eigenvalue weighted by Gasteiger charge is -2.26. The van der Waals surface area contributed by atoms with Crippen molar-refractivity contribution in [2.24, 2.45) is 0 Å². The van der Waals surface area contributed by atoms with Gasteiger partial charge in [-0.15, -0.1) is 11.3 Å². The molecule has 0 aliphatic carbocycles. The molecule has 31 heavy (non-hydrogen) atoms. The summed E-state index contributed by atoms with van der Waals surface area (Å²) in [7, 11) is 0. The number of rotatable bonds is 9. The molecule has 0 radical (unpaired) electrons. The summed E-state index contributed by atoms with van der Waals surface area (Å²) in [5.74, 6) is -0.382. The Morgan fingerprint density at radius 3 is 2.52 bits per heavy atom. The molecule has 1 N–H and O–H groups in total. The summed E-state index contributed by atoms with van der Waals surface area (Å²) in [6.45, 7) is 8.03. The van der Waals surface area contributed by atoms with E-state index in [4.69, 9.17) is 9.47 Å². The zero-order valence-electron chi connectivity index (χ0n) is 18.3. The largest absolute Gasteiger partial charge is 0.351 e. The molecule has 1 saturated heterocycles. The van der Waals surface area contributed by atoms with Gasteiger partial charge in [-0.05, 0) is 45.6 Å². The van der Waals surface area contributed by atoms with Crippen molar-refractivity contribution in [1.29, 1.82) is 0 Å². The third kappa shape index (κ3) is 5.50. The van der Waals surface area contributed by atoms with Crippen LogP contribution in [0.4, 0.5) is 0 Å². The second kappa shape index (κ2) is 10.8. The molecule has 1 fully saturated rings. The number of thiophene rings is 1. The van der Waals surface area contributed by atoms with Crippen molar-refractivity contribution in [2.45, 2.75) is 52.9 Å². The standard InChI is InChI=1S/C21H30N4O5S/c1-4-29-16(30-5-2)11-22-19(27)18-14(3)17-20(31-18)23-13-25(21(17)28)12-15(26)24-9-7-6-8-10-24/h13,16H,4-12H2,1-3H3,(H,22,27). The monoisotopic (exact) mass is 450 g/mol. The molecule has 2 aromatic rings. The molecule has 1 aliphatic rings. The highest BCUT2D eigenvalue weighted by atomic mass is 32.1. The number of hydrogen-bond donors (Lipinski definition) is 1. The van der Waals surface area contributed by atoms with Gasteiger partial charge in [0.15, 0.2) is 6.29 Å². The Morgan fingerprint density at radius 2 is 1.87 bits per heavy atom. The Balaban J connectivity index is 1.77. The summed E-state index contributed by atoms with van der Waals surface area (Å²) < 4.78 is 12.2.